The van der Waals surface area contributed by atoms with Crippen LogP contribution in [0.25, 0.3) is 33.5 Å². The van der Waals surface area contributed by atoms with E-state index >= 15 is 0 Å². The molecule has 3 N–H and O–H groups in total. The van der Waals surface area contributed by atoms with Crippen LogP contribution in [0.3, 0.4) is 0 Å². The maximum atomic E-state index is 13.0. The van der Waals surface area contributed by atoms with Gasteiger partial charge < -0.3 is 19.8 Å². The van der Waals surface area contributed by atoms with Crippen LogP contribution >= 0.6 is 0 Å². The average Bonchev–Trinajstić information content (AvgIpc) is 3.27. The lowest BCUT2D eigenvalue weighted by Crippen LogP contribution is -2.12. The summed E-state index contributed by atoms with van der Waals surface area (Å²) >= 11 is 0. The number of para-hydroxylation sites is 1. The zero-order valence-corrected chi connectivity index (χ0v) is 18.0. The normalized spacial score (nSPS) is 12.2. The summed E-state index contributed by atoms with van der Waals surface area (Å²) in [6.45, 7) is 3.82. The first-order chi connectivity index (χ1) is 15.9. The second-order valence-corrected chi connectivity index (χ2v) is 8.03. The summed E-state index contributed by atoms with van der Waals surface area (Å²) in [5, 5.41) is 14.2. The van der Waals surface area contributed by atoms with Crippen molar-refractivity contribution in [3.63, 3.8) is 0 Å². The second kappa shape index (κ2) is 7.94. The van der Waals surface area contributed by atoms with Crippen molar-refractivity contribution < 1.29 is 14.3 Å². The molecule has 5 rings (SSSR count). The molecule has 164 valence electrons. The summed E-state index contributed by atoms with van der Waals surface area (Å²) < 4.78 is 6.24. The highest BCUT2D eigenvalue weighted by Gasteiger charge is 2.18. The minimum absolute atomic E-state index is 0.164. The zero-order chi connectivity index (χ0) is 23.1. The van der Waals surface area contributed by atoms with E-state index in [1.54, 1.807) is 36.5 Å². The highest BCUT2D eigenvalue weighted by molar-refractivity contribution is 5.94. The Labute approximate surface area is 188 Å². The van der Waals surface area contributed by atoms with Gasteiger partial charge in [-0.2, -0.15) is 0 Å². The number of aryl methyl sites for hydroxylation is 1. The lowest BCUT2D eigenvalue weighted by molar-refractivity contribution is 0.0698. The third kappa shape index (κ3) is 3.74. The van der Waals surface area contributed by atoms with E-state index in [9.17, 15) is 14.7 Å². The number of fused-ring (bicyclic) bond motifs is 2. The van der Waals surface area contributed by atoms with E-state index in [1.165, 1.54) is 6.07 Å². The molecule has 0 radical (unpaired) electrons. The molecule has 2 aromatic carbocycles. The van der Waals surface area contributed by atoms with Gasteiger partial charge in [-0.3, -0.25) is 4.79 Å². The Kier molecular flexibility index (Phi) is 4.94. The molecule has 0 fully saturated rings. The van der Waals surface area contributed by atoms with Gasteiger partial charge in [0.05, 0.1) is 17.0 Å². The van der Waals surface area contributed by atoms with E-state index in [2.05, 4.69) is 15.3 Å². The number of carboxylic acids is 1. The van der Waals surface area contributed by atoms with Crippen LogP contribution in [0.5, 0.6) is 0 Å². The van der Waals surface area contributed by atoms with Crippen molar-refractivity contribution in [2.24, 2.45) is 0 Å². The lowest BCUT2D eigenvalue weighted by atomic mass is 10.0. The average molecular weight is 439 g/mol. The van der Waals surface area contributed by atoms with Crippen molar-refractivity contribution in [2.75, 3.05) is 5.32 Å². The van der Waals surface area contributed by atoms with E-state index in [0.717, 1.165) is 16.5 Å². The van der Waals surface area contributed by atoms with Gasteiger partial charge in [0.1, 0.15) is 16.9 Å². The molecule has 0 saturated carbocycles. The first kappa shape index (κ1) is 20.5. The van der Waals surface area contributed by atoms with Crippen LogP contribution in [0.15, 0.2) is 76.1 Å². The molecule has 1 atom stereocenters. The number of aromatic amines is 1. The molecule has 0 saturated heterocycles. The molecular weight excluding hydrogens is 418 g/mol. The molecule has 0 spiro atoms. The zero-order valence-electron chi connectivity index (χ0n) is 18.0. The fourth-order valence-corrected chi connectivity index (χ4v) is 4.06. The number of aromatic carboxylic acids is 1. The minimum Gasteiger partial charge on any atom is -0.478 e. The Bertz CT molecular complexity index is 1580. The summed E-state index contributed by atoms with van der Waals surface area (Å²) in [6.07, 6.45) is 1.81. The van der Waals surface area contributed by atoms with Gasteiger partial charge in [-0.1, -0.05) is 18.2 Å². The highest BCUT2D eigenvalue weighted by atomic mass is 16.4. The molecule has 7 heteroatoms. The van der Waals surface area contributed by atoms with Gasteiger partial charge in [0.2, 0.25) is 0 Å². The monoisotopic (exact) mass is 439 g/mol. The van der Waals surface area contributed by atoms with Crippen LogP contribution in [0, 0.1) is 6.92 Å². The summed E-state index contributed by atoms with van der Waals surface area (Å²) in [5.41, 5.74) is 3.86. The van der Waals surface area contributed by atoms with E-state index in [-0.39, 0.29) is 17.0 Å². The minimum atomic E-state index is -1.01. The molecule has 0 aliphatic heterocycles. The molecule has 5 aromatic rings. The third-order valence-electron chi connectivity index (χ3n) is 5.66. The summed E-state index contributed by atoms with van der Waals surface area (Å²) in [6, 6.07) is 17.3. The number of carboxylic acid groups (broad SMARTS) is 1. The van der Waals surface area contributed by atoms with Crippen molar-refractivity contribution in [3.05, 3.63) is 93.8 Å². The molecule has 7 nitrogen and oxygen atoms in total. The number of rotatable bonds is 5. The summed E-state index contributed by atoms with van der Waals surface area (Å²) in [5.74, 6) is -0.647. The number of hydrogen-bond acceptors (Lipinski definition) is 5. The van der Waals surface area contributed by atoms with Gasteiger partial charge in [-0.25, -0.2) is 9.78 Å². The number of hydrogen-bond donors (Lipinski definition) is 3. The molecule has 0 aliphatic rings. The Morgan fingerprint density at radius 2 is 1.94 bits per heavy atom. The van der Waals surface area contributed by atoms with Gasteiger partial charge in [0, 0.05) is 28.9 Å². The van der Waals surface area contributed by atoms with Crippen molar-refractivity contribution in [2.45, 2.75) is 19.9 Å². The van der Waals surface area contributed by atoms with Crippen molar-refractivity contribution >= 4 is 33.7 Å². The lowest BCUT2D eigenvalue weighted by Gasteiger charge is -2.19. The molecule has 0 bridgehead atoms. The van der Waals surface area contributed by atoms with Gasteiger partial charge in [0.15, 0.2) is 11.2 Å². The van der Waals surface area contributed by atoms with Gasteiger partial charge in [0.25, 0.3) is 0 Å². The fraction of sp³-hybridized carbons (Fsp3) is 0.115. The molecule has 33 heavy (non-hydrogen) atoms. The van der Waals surface area contributed by atoms with Crippen LogP contribution in [0.1, 0.15) is 34.5 Å². The van der Waals surface area contributed by atoms with Gasteiger partial charge >= 0.3 is 5.97 Å². The predicted molar refractivity (Wildman–Crippen MR) is 128 cm³/mol. The fourth-order valence-electron chi connectivity index (χ4n) is 4.06. The van der Waals surface area contributed by atoms with Crippen molar-refractivity contribution in [1.82, 2.24) is 9.97 Å². The first-order valence-electron chi connectivity index (χ1n) is 10.5. The predicted octanol–water partition coefficient (Wildman–Crippen LogP) is 5.52. The largest absolute Gasteiger partial charge is 0.478 e. The Hall–Kier alpha value is -4.39. The van der Waals surface area contributed by atoms with Gasteiger partial charge in [-0.05, 0) is 55.8 Å². The molecule has 1 unspecified atom stereocenters. The number of aromatic nitrogens is 2. The van der Waals surface area contributed by atoms with E-state index in [1.807, 2.05) is 38.1 Å². The number of carbonyl (C=O) groups is 1. The Morgan fingerprint density at radius 1 is 1.12 bits per heavy atom. The molecular formula is C26H21N3O4. The maximum Gasteiger partial charge on any atom is 0.337 e. The van der Waals surface area contributed by atoms with Crippen LogP contribution in [0.4, 0.5) is 5.69 Å². The standard InChI is InChI=1S/C26H21N3O4/c1-14-11-18(15(2)28-20-6-4-3-5-17(20)26(31)32)24-19(12-14)22(30)13-23(33-24)21-8-7-16-9-10-27-25(16)29-21/h3-13,15,28H,1-2H3,(H,27,29)(H,31,32). The highest BCUT2D eigenvalue weighted by Crippen LogP contribution is 2.31. The number of nitrogens with one attached hydrogen (secondary N) is 2. The number of pyridine rings is 1. The van der Waals surface area contributed by atoms with E-state index < -0.39 is 5.97 Å². The number of anilines is 1. The first-order valence-corrected chi connectivity index (χ1v) is 10.5. The maximum absolute atomic E-state index is 13.0. The van der Waals surface area contributed by atoms with Gasteiger partial charge in [-0.15, -0.1) is 0 Å². The topological polar surface area (TPSA) is 108 Å². The summed E-state index contributed by atoms with van der Waals surface area (Å²) in [4.78, 5) is 32.3. The van der Waals surface area contributed by atoms with Crippen molar-refractivity contribution in [1.29, 1.82) is 0 Å². The van der Waals surface area contributed by atoms with Crippen LogP contribution in [-0.2, 0) is 0 Å². The summed E-state index contributed by atoms with van der Waals surface area (Å²) in [7, 11) is 0. The number of nitrogens with zero attached hydrogens (tertiary/aromatic N) is 1. The Balaban J connectivity index is 1.64. The molecule has 0 aliphatic carbocycles. The van der Waals surface area contributed by atoms with Crippen LogP contribution in [-0.4, -0.2) is 21.0 Å². The van der Waals surface area contributed by atoms with Crippen molar-refractivity contribution in [3.8, 4) is 11.5 Å². The van der Waals surface area contributed by atoms with E-state index in [4.69, 9.17) is 4.42 Å². The molecule has 3 heterocycles. The molecule has 0 amide bonds. The van der Waals surface area contributed by atoms with E-state index in [0.29, 0.717) is 33.8 Å². The SMILES string of the molecule is Cc1cc(C(C)Nc2ccccc2C(=O)O)c2oc(-c3ccc4cc[nH]c4n3)cc(=O)c2c1. The molecule has 3 aromatic heterocycles. The van der Waals surface area contributed by atoms with Crippen LogP contribution in [0.2, 0.25) is 0 Å². The Morgan fingerprint density at radius 3 is 2.76 bits per heavy atom. The van der Waals surface area contributed by atoms with Crippen LogP contribution < -0.4 is 10.7 Å². The third-order valence-corrected chi connectivity index (χ3v) is 5.66. The second-order valence-electron chi connectivity index (χ2n) is 8.03. The quantitative estimate of drug-likeness (QED) is 0.333. The number of benzene rings is 2. The smallest absolute Gasteiger partial charge is 0.337 e. The number of H-pyrrole nitrogens is 1.